The minimum absolute atomic E-state index is 0.0562. The normalized spacial score (nSPS) is 14.0. The van der Waals surface area contributed by atoms with Gasteiger partial charge in [-0.25, -0.2) is 4.98 Å². The third-order valence-corrected chi connectivity index (χ3v) is 6.27. The fourth-order valence-corrected chi connectivity index (χ4v) is 4.46. The number of nitrogens with zero attached hydrogens (tertiary/aromatic N) is 1. The van der Waals surface area contributed by atoms with Crippen LogP contribution in [0.4, 0.5) is 5.69 Å². The van der Waals surface area contributed by atoms with Gasteiger partial charge in [-0.1, -0.05) is 42.5 Å². The summed E-state index contributed by atoms with van der Waals surface area (Å²) in [6, 6.07) is 22.9. The number of fused-ring (bicyclic) bond motifs is 2. The largest absolute Gasteiger partial charge is 0.342 e. The Labute approximate surface area is 183 Å². The molecule has 1 aromatic heterocycles. The van der Waals surface area contributed by atoms with Gasteiger partial charge in [-0.2, -0.15) is 0 Å². The molecule has 3 aromatic carbocycles. The van der Waals surface area contributed by atoms with Crippen molar-refractivity contribution in [2.75, 3.05) is 11.1 Å². The number of imidazole rings is 1. The second kappa shape index (κ2) is 8.28. The van der Waals surface area contributed by atoms with Crippen LogP contribution in [0, 0.1) is 0 Å². The third-order valence-electron chi connectivity index (χ3n) is 5.20. The molecule has 2 heterocycles. The molecule has 1 aliphatic rings. The first-order chi connectivity index (χ1) is 15.2. The molecule has 0 saturated carbocycles. The van der Waals surface area contributed by atoms with E-state index in [1.54, 1.807) is 12.1 Å². The lowest BCUT2D eigenvalue weighted by Gasteiger charge is -2.19. The fourth-order valence-electron chi connectivity index (χ4n) is 3.67. The van der Waals surface area contributed by atoms with Gasteiger partial charge in [0.25, 0.3) is 5.91 Å². The lowest BCUT2D eigenvalue weighted by Crippen LogP contribution is -2.31. The zero-order valence-electron chi connectivity index (χ0n) is 16.6. The molecule has 0 radical (unpaired) electrons. The summed E-state index contributed by atoms with van der Waals surface area (Å²) in [7, 11) is 0. The van der Waals surface area contributed by atoms with Gasteiger partial charge in [0.1, 0.15) is 5.82 Å². The molecule has 0 aliphatic carbocycles. The molecule has 0 spiro atoms. The van der Waals surface area contributed by atoms with Crippen LogP contribution in [0.3, 0.4) is 0 Å². The molecular weight excluding hydrogens is 408 g/mol. The number of hydrogen-bond acceptors (Lipinski definition) is 4. The molecule has 1 atom stereocenters. The predicted octanol–water partition coefficient (Wildman–Crippen LogP) is 4.32. The van der Waals surface area contributed by atoms with Crippen LogP contribution < -0.4 is 10.6 Å². The van der Waals surface area contributed by atoms with E-state index >= 15 is 0 Å². The zero-order valence-corrected chi connectivity index (χ0v) is 17.4. The van der Waals surface area contributed by atoms with Crippen molar-refractivity contribution in [2.24, 2.45) is 0 Å². The Balaban J connectivity index is 1.44. The number of aromatic amines is 1. The van der Waals surface area contributed by atoms with Crippen molar-refractivity contribution in [1.29, 1.82) is 0 Å². The number of H-pyrrole nitrogens is 1. The van der Waals surface area contributed by atoms with Gasteiger partial charge in [0.05, 0.1) is 28.5 Å². The summed E-state index contributed by atoms with van der Waals surface area (Å²) in [4.78, 5) is 33.9. The van der Waals surface area contributed by atoms with Crippen molar-refractivity contribution in [3.8, 4) is 0 Å². The van der Waals surface area contributed by atoms with Gasteiger partial charge in [0.15, 0.2) is 0 Å². The topological polar surface area (TPSA) is 86.9 Å². The van der Waals surface area contributed by atoms with Crippen molar-refractivity contribution < 1.29 is 9.59 Å². The maximum absolute atomic E-state index is 13.1. The van der Waals surface area contributed by atoms with Crippen molar-refractivity contribution in [3.05, 3.63) is 89.7 Å². The number of nitrogens with one attached hydrogen (secondary N) is 3. The minimum atomic E-state index is -0.331. The summed E-state index contributed by atoms with van der Waals surface area (Å²) in [5.41, 5.74) is 4.06. The standard InChI is InChI=1S/C24H20N4O2S/c29-22-14-31-21-11-10-16(13-19(21)25-22)24(30)28-20(12-15-6-2-1-3-7-15)23-26-17-8-4-5-9-18(17)27-23/h1-11,13,20H,12,14H2,(H,25,29)(H,26,27)(H,28,30). The number of hydrogen-bond donors (Lipinski definition) is 3. The van der Waals surface area contributed by atoms with E-state index in [2.05, 4.69) is 15.6 Å². The number of para-hydroxylation sites is 2. The van der Waals surface area contributed by atoms with Crippen LogP contribution in [0.5, 0.6) is 0 Å². The molecule has 6 nitrogen and oxygen atoms in total. The summed E-state index contributed by atoms with van der Waals surface area (Å²) in [6.07, 6.45) is 0.601. The summed E-state index contributed by atoms with van der Waals surface area (Å²) < 4.78 is 0. The van der Waals surface area contributed by atoms with Crippen LogP contribution in [0.1, 0.15) is 27.8 Å². The lowest BCUT2D eigenvalue weighted by atomic mass is 10.0. The van der Waals surface area contributed by atoms with E-state index in [1.165, 1.54) is 11.8 Å². The second-order valence-electron chi connectivity index (χ2n) is 7.40. The van der Waals surface area contributed by atoms with Crippen LogP contribution in [0.15, 0.2) is 77.7 Å². The van der Waals surface area contributed by atoms with Crippen LogP contribution >= 0.6 is 11.8 Å². The van der Waals surface area contributed by atoms with Crippen LogP contribution in [0.2, 0.25) is 0 Å². The van der Waals surface area contributed by atoms with E-state index in [-0.39, 0.29) is 17.9 Å². The highest BCUT2D eigenvalue weighted by Crippen LogP contribution is 2.32. The number of amides is 2. The summed E-state index contributed by atoms with van der Waals surface area (Å²) in [5.74, 6) is 0.831. The molecule has 7 heteroatoms. The smallest absolute Gasteiger partial charge is 0.251 e. The number of rotatable bonds is 5. The Hall–Kier alpha value is -3.58. The predicted molar refractivity (Wildman–Crippen MR) is 122 cm³/mol. The zero-order chi connectivity index (χ0) is 21.2. The fraction of sp³-hybridized carbons (Fsp3) is 0.125. The summed E-state index contributed by atoms with van der Waals surface area (Å²) in [6.45, 7) is 0. The van der Waals surface area contributed by atoms with Gasteiger partial charge in [-0.3, -0.25) is 9.59 Å². The number of anilines is 1. The average molecular weight is 429 g/mol. The van der Waals surface area contributed by atoms with Gasteiger partial charge in [-0.15, -0.1) is 11.8 Å². The Morgan fingerprint density at radius 2 is 1.87 bits per heavy atom. The maximum Gasteiger partial charge on any atom is 0.251 e. The Kier molecular flexibility index (Phi) is 5.18. The highest BCUT2D eigenvalue weighted by atomic mass is 32.2. The number of aromatic nitrogens is 2. The molecule has 5 rings (SSSR count). The van der Waals surface area contributed by atoms with Crippen molar-refractivity contribution in [1.82, 2.24) is 15.3 Å². The molecule has 154 valence electrons. The van der Waals surface area contributed by atoms with E-state index < -0.39 is 0 Å². The summed E-state index contributed by atoms with van der Waals surface area (Å²) >= 11 is 1.47. The SMILES string of the molecule is O=C1CSc2ccc(C(=O)NC(Cc3ccccc3)c3nc4ccccc4[nH]3)cc2N1. The molecule has 4 aromatic rings. The molecular formula is C24H20N4O2S. The average Bonchev–Trinajstić information content (AvgIpc) is 3.23. The lowest BCUT2D eigenvalue weighted by molar-refractivity contribution is -0.113. The highest BCUT2D eigenvalue weighted by molar-refractivity contribution is 8.00. The molecule has 1 aliphatic heterocycles. The third kappa shape index (κ3) is 4.18. The van der Waals surface area contributed by atoms with E-state index in [1.807, 2.05) is 60.7 Å². The van der Waals surface area contributed by atoms with E-state index in [0.29, 0.717) is 29.2 Å². The van der Waals surface area contributed by atoms with Crippen molar-refractivity contribution >= 4 is 40.3 Å². The number of carbonyl (C=O) groups excluding carboxylic acids is 2. The van der Waals surface area contributed by atoms with Gasteiger partial charge in [-0.05, 0) is 42.3 Å². The Morgan fingerprint density at radius 3 is 2.71 bits per heavy atom. The number of carbonyl (C=O) groups is 2. The van der Waals surface area contributed by atoms with Gasteiger partial charge in [0, 0.05) is 10.5 Å². The maximum atomic E-state index is 13.1. The first-order valence-corrected chi connectivity index (χ1v) is 11.0. The molecule has 0 fully saturated rings. The molecule has 0 saturated heterocycles. The van der Waals surface area contributed by atoms with E-state index in [0.717, 1.165) is 21.5 Å². The molecule has 0 bridgehead atoms. The number of thioether (sulfide) groups is 1. The quantitative estimate of drug-likeness (QED) is 0.442. The van der Waals surface area contributed by atoms with E-state index in [4.69, 9.17) is 4.98 Å². The molecule has 1 unspecified atom stereocenters. The van der Waals surface area contributed by atoms with E-state index in [9.17, 15) is 9.59 Å². The number of benzene rings is 3. The van der Waals surface area contributed by atoms with Gasteiger partial charge < -0.3 is 15.6 Å². The minimum Gasteiger partial charge on any atom is -0.342 e. The van der Waals surface area contributed by atoms with Gasteiger partial charge in [0.2, 0.25) is 5.91 Å². The molecule has 2 amide bonds. The highest BCUT2D eigenvalue weighted by Gasteiger charge is 2.22. The monoisotopic (exact) mass is 428 g/mol. The summed E-state index contributed by atoms with van der Waals surface area (Å²) in [5, 5.41) is 5.96. The second-order valence-corrected chi connectivity index (χ2v) is 8.42. The Bertz CT molecular complexity index is 1240. The van der Waals surface area contributed by atoms with Crippen LogP contribution in [-0.2, 0) is 11.2 Å². The van der Waals surface area contributed by atoms with Gasteiger partial charge >= 0.3 is 0 Å². The molecule has 3 N–H and O–H groups in total. The van der Waals surface area contributed by atoms with Crippen LogP contribution in [-0.4, -0.2) is 27.5 Å². The Morgan fingerprint density at radius 1 is 1.06 bits per heavy atom. The van der Waals surface area contributed by atoms with Crippen LogP contribution in [0.25, 0.3) is 11.0 Å². The first-order valence-electron chi connectivity index (χ1n) is 10.0. The first kappa shape index (κ1) is 19.4. The molecule has 31 heavy (non-hydrogen) atoms. The van der Waals surface area contributed by atoms with Crippen molar-refractivity contribution in [2.45, 2.75) is 17.4 Å². The van der Waals surface area contributed by atoms with Crippen molar-refractivity contribution in [3.63, 3.8) is 0 Å².